The molecule has 7 heteroatoms. The van der Waals surface area contributed by atoms with Crippen LogP contribution in [0.3, 0.4) is 0 Å². The van der Waals surface area contributed by atoms with Gasteiger partial charge in [0.1, 0.15) is 5.75 Å². The number of nitriles is 1. The summed E-state index contributed by atoms with van der Waals surface area (Å²) in [4.78, 5) is 24.0. The quantitative estimate of drug-likeness (QED) is 0.456. The summed E-state index contributed by atoms with van der Waals surface area (Å²) in [6.45, 7) is 4.27. The van der Waals surface area contributed by atoms with Gasteiger partial charge in [-0.05, 0) is 49.2 Å². The first-order valence-corrected chi connectivity index (χ1v) is 9.89. The SMILES string of the molecule is Cc1cc(C)cc(OCC(=O)NNC(=O)/C=C/c2cn(CCC#N)c3ccccc23)c1. The molecule has 1 aromatic heterocycles. The molecular formula is C24H24N4O3. The average molecular weight is 416 g/mol. The lowest BCUT2D eigenvalue weighted by Crippen LogP contribution is -2.43. The van der Waals surface area contributed by atoms with Crippen LogP contribution in [0.5, 0.6) is 5.75 Å². The molecule has 0 unspecified atom stereocenters. The van der Waals surface area contributed by atoms with Crippen molar-refractivity contribution in [3.8, 4) is 11.8 Å². The van der Waals surface area contributed by atoms with Crippen molar-refractivity contribution in [1.82, 2.24) is 15.4 Å². The highest BCUT2D eigenvalue weighted by atomic mass is 16.5. The molecule has 0 aliphatic carbocycles. The molecule has 31 heavy (non-hydrogen) atoms. The summed E-state index contributed by atoms with van der Waals surface area (Å²) in [5.41, 5.74) is 8.62. The minimum atomic E-state index is -0.464. The number of hydrogen-bond donors (Lipinski definition) is 2. The summed E-state index contributed by atoms with van der Waals surface area (Å²) in [6.07, 6.45) is 5.33. The van der Waals surface area contributed by atoms with Gasteiger partial charge in [-0.3, -0.25) is 20.4 Å². The second-order valence-corrected chi connectivity index (χ2v) is 7.19. The van der Waals surface area contributed by atoms with Crippen molar-refractivity contribution in [3.05, 3.63) is 71.4 Å². The number of rotatable bonds is 7. The number of fused-ring (bicyclic) bond motifs is 1. The van der Waals surface area contributed by atoms with Crippen LogP contribution in [-0.2, 0) is 16.1 Å². The van der Waals surface area contributed by atoms with E-state index in [1.807, 2.05) is 67.1 Å². The summed E-state index contributed by atoms with van der Waals surface area (Å²) in [7, 11) is 0. The molecule has 0 aliphatic rings. The Labute approximate surface area is 180 Å². The van der Waals surface area contributed by atoms with Gasteiger partial charge in [0.2, 0.25) is 0 Å². The maximum Gasteiger partial charge on any atom is 0.276 e. The fourth-order valence-corrected chi connectivity index (χ4v) is 3.30. The minimum absolute atomic E-state index is 0.209. The molecule has 0 bridgehead atoms. The number of ether oxygens (including phenoxy) is 1. The van der Waals surface area contributed by atoms with Crippen LogP contribution >= 0.6 is 0 Å². The van der Waals surface area contributed by atoms with Gasteiger partial charge in [0, 0.05) is 35.3 Å². The zero-order chi connectivity index (χ0) is 22.2. The van der Waals surface area contributed by atoms with Crippen LogP contribution in [0.1, 0.15) is 23.1 Å². The summed E-state index contributed by atoms with van der Waals surface area (Å²) >= 11 is 0. The van der Waals surface area contributed by atoms with Crippen LogP contribution in [0.2, 0.25) is 0 Å². The van der Waals surface area contributed by atoms with E-state index in [0.29, 0.717) is 18.7 Å². The smallest absolute Gasteiger partial charge is 0.276 e. The first-order chi connectivity index (χ1) is 15.0. The highest BCUT2D eigenvalue weighted by Crippen LogP contribution is 2.22. The number of hydrazine groups is 1. The Morgan fingerprint density at radius 2 is 1.87 bits per heavy atom. The zero-order valence-electron chi connectivity index (χ0n) is 17.5. The Kier molecular flexibility index (Phi) is 7.07. The molecule has 0 spiro atoms. The van der Waals surface area contributed by atoms with Gasteiger partial charge in [-0.25, -0.2) is 0 Å². The van der Waals surface area contributed by atoms with Gasteiger partial charge >= 0.3 is 0 Å². The monoisotopic (exact) mass is 416 g/mol. The summed E-state index contributed by atoms with van der Waals surface area (Å²) in [6, 6.07) is 15.6. The van der Waals surface area contributed by atoms with Crippen molar-refractivity contribution in [1.29, 1.82) is 5.26 Å². The lowest BCUT2D eigenvalue weighted by atomic mass is 10.1. The Balaban J connectivity index is 1.54. The third-order valence-corrected chi connectivity index (χ3v) is 4.59. The first-order valence-electron chi connectivity index (χ1n) is 9.89. The van der Waals surface area contributed by atoms with Gasteiger partial charge in [-0.15, -0.1) is 0 Å². The van der Waals surface area contributed by atoms with E-state index in [-0.39, 0.29) is 6.61 Å². The van der Waals surface area contributed by atoms with Crippen LogP contribution in [-0.4, -0.2) is 23.0 Å². The number of hydrogen-bond acceptors (Lipinski definition) is 4. The third-order valence-electron chi connectivity index (χ3n) is 4.59. The summed E-state index contributed by atoms with van der Waals surface area (Å²) in [5, 5.41) is 9.82. The molecular weight excluding hydrogens is 392 g/mol. The Morgan fingerprint density at radius 3 is 2.61 bits per heavy atom. The topological polar surface area (TPSA) is 96.2 Å². The van der Waals surface area contributed by atoms with E-state index >= 15 is 0 Å². The molecule has 2 aromatic carbocycles. The predicted molar refractivity (Wildman–Crippen MR) is 119 cm³/mol. The van der Waals surface area contributed by atoms with E-state index in [2.05, 4.69) is 16.9 Å². The largest absolute Gasteiger partial charge is 0.484 e. The second kappa shape index (κ2) is 10.1. The third kappa shape index (κ3) is 5.97. The standard InChI is InChI=1S/C24H24N4O3/c1-17-12-18(2)14-20(13-17)31-16-24(30)27-26-23(29)9-8-19-15-28(11-5-10-25)22-7-4-3-6-21(19)22/h3-4,6-9,12-15H,5,11,16H2,1-2H3,(H,26,29)(H,27,30)/b9-8+. The van der Waals surface area contributed by atoms with Crippen LogP contribution in [0, 0.1) is 25.2 Å². The van der Waals surface area contributed by atoms with Crippen molar-refractivity contribution in [2.45, 2.75) is 26.8 Å². The second-order valence-electron chi connectivity index (χ2n) is 7.19. The molecule has 0 saturated heterocycles. The van der Waals surface area contributed by atoms with Crippen molar-refractivity contribution in [2.24, 2.45) is 0 Å². The maximum absolute atomic E-state index is 12.1. The molecule has 3 rings (SSSR count). The Bertz CT molecular complexity index is 1150. The molecule has 0 aliphatic heterocycles. The molecule has 0 fully saturated rings. The van der Waals surface area contributed by atoms with Crippen molar-refractivity contribution < 1.29 is 14.3 Å². The molecule has 0 radical (unpaired) electrons. The molecule has 158 valence electrons. The number of carbonyl (C=O) groups excluding carboxylic acids is 2. The van der Waals surface area contributed by atoms with E-state index in [1.54, 1.807) is 6.08 Å². The van der Waals surface area contributed by atoms with Gasteiger partial charge in [-0.2, -0.15) is 5.26 Å². The van der Waals surface area contributed by atoms with Crippen LogP contribution < -0.4 is 15.6 Å². The fraction of sp³-hybridized carbons (Fsp3) is 0.208. The Hall–Kier alpha value is -4.05. The number of para-hydroxylation sites is 1. The first kappa shape index (κ1) is 21.7. The van der Waals surface area contributed by atoms with Crippen molar-refractivity contribution in [2.75, 3.05) is 6.61 Å². The average Bonchev–Trinajstić information content (AvgIpc) is 3.10. The van der Waals surface area contributed by atoms with Crippen molar-refractivity contribution >= 4 is 28.8 Å². The number of aryl methyl sites for hydroxylation is 3. The summed E-state index contributed by atoms with van der Waals surface area (Å²) < 4.78 is 7.46. The molecule has 2 amide bonds. The number of amides is 2. The lowest BCUT2D eigenvalue weighted by Gasteiger charge is -2.09. The molecule has 3 aromatic rings. The molecule has 7 nitrogen and oxygen atoms in total. The molecule has 1 heterocycles. The highest BCUT2D eigenvalue weighted by Gasteiger charge is 2.07. The Morgan fingerprint density at radius 1 is 1.13 bits per heavy atom. The van der Waals surface area contributed by atoms with E-state index in [1.165, 1.54) is 6.08 Å². The minimum Gasteiger partial charge on any atom is -0.484 e. The highest BCUT2D eigenvalue weighted by molar-refractivity contribution is 5.97. The van der Waals surface area contributed by atoms with Crippen LogP contribution in [0.4, 0.5) is 0 Å². The predicted octanol–water partition coefficient (Wildman–Crippen LogP) is 3.41. The van der Waals surface area contributed by atoms with Crippen LogP contribution in [0.15, 0.2) is 54.7 Å². The van der Waals surface area contributed by atoms with E-state index < -0.39 is 11.8 Å². The van der Waals surface area contributed by atoms with Gasteiger partial charge in [0.15, 0.2) is 6.61 Å². The zero-order valence-corrected chi connectivity index (χ0v) is 17.5. The number of carbonyl (C=O) groups is 2. The van der Waals surface area contributed by atoms with Gasteiger partial charge in [-0.1, -0.05) is 24.3 Å². The van der Waals surface area contributed by atoms with Gasteiger partial charge in [0.25, 0.3) is 11.8 Å². The number of nitrogens with one attached hydrogen (secondary N) is 2. The van der Waals surface area contributed by atoms with E-state index in [4.69, 9.17) is 10.00 Å². The van der Waals surface area contributed by atoms with E-state index in [0.717, 1.165) is 27.6 Å². The normalized spacial score (nSPS) is 10.7. The molecule has 0 saturated carbocycles. The molecule has 0 atom stereocenters. The van der Waals surface area contributed by atoms with E-state index in [9.17, 15) is 9.59 Å². The lowest BCUT2D eigenvalue weighted by molar-refractivity contribution is -0.128. The maximum atomic E-state index is 12.1. The number of benzene rings is 2. The molecule has 2 N–H and O–H groups in total. The van der Waals surface area contributed by atoms with Crippen molar-refractivity contribution in [3.63, 3.8) is 0 Å². The number of nitrogens with zero attached hydrogens (tertiary/aromatic N) is 2. The summed E-state index contributed by atoms with van der Waals surface area (Å²) in [5.74, 6) is -0.325. The van der Waals surface area contributed by atoms with Gasteiger partial charge in [0.05, 0.1) is 12.5 Å². The fourth-order valence-electron chi connectivity index (χ4n) is 3.30. The van der Waals surface area contributed by atoms with Crippen LogP contribution in [0.25, 0.3) is 17.0 Å². The van der Waals surface area contributed by atoms with Gasteiger partial charge < -0.3 is 9.30 Å². The number of aromatic nitrogens is 1.